The van der Waals surface area contributed by atoms with Gasteiger partial charge in [-0.2, -0.15) is 8.42 Å². The molecule has 28 nitrogen and oxygen atoms in total. The van der Waals surface area contributed by atoms with Gasteiger partial charge in [-0.05, 0) is 366 Å². The number of hydrogen-bond donors (Lipinski definition) is 1. The molecule has 0 spiro atoms. The average molecular weight is 1970 g/mol. The van der Waals surface area contributed by atoms with Gasteiger partial charge in [-0.3, -0.25) is 42.5 Å². The number of esters is 8. The second-order valence-corrected chi connectivity index (χ2v) is 51.5. The fourth-order valence-electron chi connectivity index (χ4n) is 21.5. The summed E-state index contributed by atoms with van der Waals surface area (Å²) < 4.78 is 111. The summed E-state index contributed by atoms with van der Waals surface area (Å²) in [5.74, 6) is 1.93. The second-order valence-electron chi connectivity index (χ2n) is 48.2. The lowest BCUT2D eigenvalue weighted by Gasteiger charge is -2.61. The van der Waals surface area contributed by atoms with E-state index in [0.29, 0.717) is 54.8 Å². The van der Waals surface area contributed by atoms with E-state index in [2.05, 4.69) is 46.3 Å². The number of sulfonamides is 1. The first-order valence-electron chi connectivity index (χ1n) is 50.6. The van der Waals surface area contributed by atoms with Crippen LogP contribution in [0.2, 0.25) is 0 Å². The molecular weight excluding hydrogens is 1780 g/mol. The number of nitrogens with one attached hydrogen (secondary N) is 1. The van der Waals surface area contributed by atoms with Gasteiger partial charge in [0.25, 0.3) is 15.2 Å². The molecule has 0 aromatic heterocycles. The van der Waals surface area contributed by atoms with Crippen LogP contribution >= 0.6 is 0 Å². The minimum Gasteiger partial charge on any atom is -0.462 e. The molecule has 1 N–H and O–H groups in total. The van der Waals surface area contributed by atoms with Gasteiger partial charge < -0.3 is 52.2 Å². The topological polar surface area (TPSA) is 371 Å². The van der Waals surface area contributed by atoms with E-state index >= 15 is 0 Å². The lowest BCUT2D eigenvalue weighted by atomic mass is 9.52. The molecule has 8 bridgehead atoms. The van der Waals surface area contributed by atoms with Crippen LogP contribution in [0.5, 0.6) is 0 Å². The van der Waals surface area contributed by atoms with Crippen LogP contribution in [0.4, 0.5) is 0 Å². The normalized spacial score (nSPS) is 30.2. The molecular formula is C106H192N2O26S2. The zero-order chi connectivity index (χ0) is 101. The smallest absolute Gasteiger partial charge is 0.312 e. The highest BCUT2D eigenvalue weighted by Gasteiger charge is 2.64. The second kappa shape index (κ2) is 49.3. The first-order chi connectivity index (χ1) is 61.0. The quantitative estimate of drug-likeness (QED) is 0.0174. The average Bonchev–Trinajstić information content (AvgIpc) is 0.880. The van der Waals surface area contributed by atoms with Crippen molar-refractivity contribution < 1.29 is 117 Å². The van der Waals surface area contributed by atoms with Gasteiger partial charge in [0.1, 0.15) is 46.8 Å². The molecule has 14 aliphatic rings. The van der Waals surface area contributed by atoms with Gasteiger partial charge in [0.15, 0.2) is 11.9 Å². The van der Waals surface area contributed by atoms with Crippen molar-refractivity contribution in [3.63, 3.8) is 0 Å². The Hall–Kier alpha value is -5.30. The molecule has 11 atom stereocenters. The van der Waals surface area contributed by atoms with Gasteiger partial charge in [-0.1, -0.05) is 97.9 Å². The van der Waals surface area contributed by atoms with Crippen LogP contribution in [0.25, 0.3) is 0 Å². The Morgan fingerprint density at radius 3 is 1.21 bits per heavy atom. The third-order valence-corrected chi connectivity index (χ3v) is 33.6. The summed E-state index contributed by atoms with van der Waals surface area (Å²) in [7, 11) is -4.93. The molecule has 0 radical (unpaired) electrons. The van der Waals surface area contributed by atoms with Crippen molar-refractivity contribution in [3.8, 4) is 0 Å². The Labute approximate surface area is 822 Å². The summed E-state index contributed by atoms with van der Waals surface area (Å²) in [6.45, 7) is 54.7. The van der Waals surface area contributed by atoms with E-state index in [1.165, 1.54) is 44.8 Å². The molecule has 30 heteroatoms. The Morgan fingerprint density at radius 2 is 0.846 bits per heavy atom. The minimum atomic E-state index is -3.52. The molecule has 1 heterocycles. The minimum absolute atomic E-state index is 0. The van der Waals surface area contributed by atoms with Crippen molar-refractivity contribution in [3.05, 3.63) is 10.1 Å². The van der Waals surface area contributed by atoms with Crippen LogP contribution in [0.1, 0.15) is 447 Å². The summed E-state index contributed by atoms with van der Waals surface area (Å²) in [5.41, 5.74) is -5.93. The Bertz CT molecular complexity index is 4090. The number of carbonyl (C=O) groups excluding carboxylic acids is 8. The molecule has 13 saturated carbocycles. The van der Waals surface area contributed by atoms with Crippen molar-refractivity contribution in [2.75, 3.05) is 19.6 Å². The molecule has 0 aromatic carbocycles. The molecule has 0 amide bonds. The summed E-state index contributed by atoms with van der Waals surface area (Å²) in [4.78, 5) is 112. The van der Waals surface area contributed by atoms with E-state index < -0.39 is 69.1 Å². The number of cyclic esters (lactones) is 1. The third kappa shape index (κ3) is 34.8. The van der Waals surface area contributed by atoms with Crippen LogP contribution < -0.4 is 4.72 Å². The van der Waals surface area contributed by atoms with E-state index in [9.17, 15) is 65.3 Å². The SMILES string of the molecule is C.C.C.CC(C)(C)C(=O)OC1CCC(NS(C)(=O)=O)CC1.CCC(C)(C)C(=O)OC1(C(C)C)CCCC1.CCC(C)(C)C(=O)OC1(C)CC(=O)OC1C.CCC(C)(C)C(=O)OC1(C)CCCCC1.CCC(C)(C)C(=O)OC12CC3CC(C1)CC(OC(OC)C(C)C)(C3)C2.CCC(C)(C)C(=O)OC12CC3CC(C1)CC(OS(C)(=O)=O)(C3)C2.CCC(C)(C)C(=O)OC1CCC2C(O[N+](=O)[O-])CCC12. The maximum Gasteiger partial charge on any atom is 0.312 e. The van der Waals surface area contributed by atoms with Gasteiger partial charge in [-0.15, -0.1) is 10.1 Å². The fourth-order valence-corrected chi connectivity index (χ4v) is 23.1. The van der Waals surface area contributed by atoms with Crippen LogP contribution in [-0.4, -0.2) is 165 Å². The standard InChI is InChI=1S/C21H36O4.C17H28O5S.C14H23NO5.C14H26O2.C13H24O2.C12H23NO4S.C12H20O4.3CH4/c1-7-19(4,5)18(22)25-21-11-15-8-16(12-21)10-20(9-15,13-21)24-17(23-6)14(2)3;1-5-15(2,3)14(18)21-16-7-12-6-13(8-16)10-17(9-12,11-16)22-23(4,19)20;1-4-14(2,3)13(16)19-11-7-5-10-9(11)6-8-12(10)20-15(17)18;1-6-13(4,5)12(15)16-14(11(2)3)9-7-8-10-14;1-5-12(2,3)11(14)15-13(4)9-7-6-8-10-13;1-12(2,3)11(14)17-10-7-5-9(6-8-10)13-18(4,15)16;1-6-11(3,4)10(14)16-12(5)7-9(13)15-8(12)2;;;/h14-17H,7-13H2,1-6H3;12-13H,5-11H2,1-4H3;9-12H,4-8H2,1-3H3;11H,6-10H2,1-5H3;5-10H2,1-4H3;9-10,13H,5-8H2,1-4H3;8H,6-7H2,1-5H3;3*1H4. The molecule has 1 saturated heterocycles. The van der Waals surface area contributed by atoms with Crippen LogP contribution in [0.3, 0.4) is 0 Å². The molecule has 14 fully saturated rings. The molecule has 0 aromatic rings. The number of ether oxygens (including phenoxy) is 10. The van der Waals surface area contributed by atoms with Crippen molar-refractivity contribution in [1.29, 1.82) is 0 Å². The number of hydrogen-bond acceptors (Lipinski definition) is 26. The van der Waals surface area contributed by atoms with Crippen LogP contribution in [0.15, 0.2) is 0 Å². The van der Waals surface area contributed by atoms with E-state index in [1.807, 2.05) is 138 Å². The number of rotatable bonds is 30. The zero-order valence-corrected chi connectivity index (χ0v) is 89.5. The Morgan fingerprint density at radius 1 is 0.478 bits per heavy atom. The lowest BCUT2D eigenvalue weighted by Crippen LogP contribution is -2.62. The maximum absolute atomic E-state index is 12.8. The maximum atomic E-state index is 12.8. The molecule has 11 unspecified atom stereocenters. The predicted molar refractivity (Wildman–Crippen MR) is 531 cm³/mol. The molecule has 14 rings (SSSR count). The van der Waals surface area contributed by atoms with Crippen LogP contribution in [-0.2, 0) is 115 Å². The molecule has 136 heavy (non-hydrogen) atoms. The monoisotopic (exact) mass is 1970 g/mol. The van der Waals surface area contributed by atoms with Gasteiger partial charge in [0, 0.05) is 37.8 Å². The Balaban J connectivity index is 0.000000410. The van der Waals surface area contributed by atoms with E-state index in [-0.39, 0.29) is 158 Å². The largest absolute Gasteiger partial charge is 0.462 e. The summed E-state index contributed by atoms with van der Waals surface area (Å²) >= 11 is 0. The van der Waals surface area contributed by atoms with Crippen molar-refractivity contribution >= 4 is 67.9 Å². The molecule has 13 aliphatic carbocycles. The Kier molecular flexibility index (Phi) is 45.3. The number of methoxy groups -OCH3 is 1. The predicted octanol–water partition coefficient (Wildman–Crippen LogP) is 23.5. The first-order valence-corrected chi connectivity index (χ1v) is 54.4. The summed E-state index contributed by atoms with van der Waals surface area (Å²) in [6.07, 6.45) is 33.4. The number of nitrogens with zero attached hydrogens (tertiary/aromatic N) is 1. The number of carbonyl (C=O) groups is 8. The van der Waals surface area contributed by atoms with Gasteiger partial charge >= 0.3 is 47.8 Å². The summed E-state index contributed by atoms with van der Waals surface area (Å²) in [6, 6.07) is -0.0235. The van der Waals surface area contributed by atoms with E-state index in [0.717, 1.165) is 173 Å². The highest BCUT2D eigenvalue weighted by Crippen LogP contribution is 2.63. The van der Waals surface area contributed by atoms with Crippen molar-refractivity contribution in [2.24, 2.45) is 85.2 Å². The molecule has 1 aliphatic heterocycles. The zero-order valence-electron chi connectivity index (χ0n) is 87.9. The third-order valence-electron chi connectivity index (χ3n) is 32.1. The fraction of sp³-hybridized carbons (Fsp3) is 0.925. The number of fused-ring (bicyclic) bond motifs is 1. The van der Waals surface area contributed by atoms with Crippen molar-refractivity contribution in [2.45, 2.75) is 523 Å². The first kappa shape index (κ1) is 125. The van der Waals surface area contributed by atoms with Crippen molar-refractivity contribution in [1.82, 2.24) is 4.72 Å². The highest BCUT2D eigenvalue weighted by molar-refractivity contribution is 7.88. The summed E-state index contributed by atoms with van der Waals surface area (Å²) in [5, 5.41) is 9.77. The van der Waals surface area contributed by atoms with Gasteiger partial charge in [0.05, 0.1) is 68.0 Å². The van der Waals surface area contributed by atoms with Crippen LogP contribution in [0, 0.1) is 95.4 Å². The van der Waals surface area contributed by atoms with E-state index in [4.69, 9.17) is 56.4 Å². The molecule has 794 valence electrons. The van der Waals surface area contributed by atoms with Gasteiger partial charge in [-0.25, -0.2) is 13.1 Å². The highest BCUT2D eigenvalue weighted by atomic mass is 32.2. The van der Waals surface area contributed by atoms with Gasteiger partial charge in [0.2, 0.25) is 10.0 Å². The van der Waals surface area contributed by atoms with E-state index in [1.54, 1.807) is 21.0 Å². The lowest BCUT2D eigenvalue weighted by molar-refractivity contribution is -0.770.